The van der Waals surface area contributed by atoms with Crippen LogP contribution < -0.4 is 5.32 Å². The summed E-state index contributed by atoms with van der Waals surface area (Å²) >= 11 is 0. The maximum Gasteiger partial charge on any atom is 0.407 e. The standard InChI is InChI=1S/C16H27NO4/c1-7-20-14(18)10-8-9-13(11-12(2)3)17-15(19)21-16(4,5)6/h12-13H,7,9,11H2,1-6H3,(H,17,19)/t13-/m1/s1. The molecule has 0 rings (SSSR count). The van der Waals surface area contributed by atoms with Crippen LogP contribution in [0.25, 0.3) is 0 Å². The van der Waals surface area contributed by atoms with Gasteiger partial charge in [0.05, 0.1) is 6.61 Å². The molecular weight excluding hydrogens is 270 g/mol. The molecule has 1 atom stereocenters. The van der Waals surface area contributed by atoms with E-state index >= 15 is 0 Å². The quantitative estimate of drug-likeness (QED) is 0.481. The number of amides is 1. The van der Waals surface area contributed by atoms with E-state index in [1.54, 1.807) is 6.92 Å². The molecular formula is C16H27NO4. The summed E-state index contributed by atoms with van der Waals surface area (Å²) in [5.41, 5.74) is -0.539. The molecule has 0 aromatic carbocycles. The third-order valence-electron chi connectivity index (χ3n) is 2.29. The van der Waals surface area contributed by atoms with E-state index < -0.39 is 17.7 Å². The number of ether oxygens (including phenoxy) is 2. The molecule has 5 heteroatoms. The van der Waals surface area contributed by atoms with Crippen molar-refractivity contribution in [3.05, 3.63) is 0 Å². The minimum atomic E-state index is -0.543. The first kappa shape index (κ1) is 19.3. The first-order valence-corrected chi connectivity index (χ1v) is 7.29. The molecule has 0 saturated carbocycles. The molecule has 0 aliphatic carbocycles. The highest BCUT2D eigenvalue weighted by Gasteiger charge is 2.19. The number of hydrogen-bond donors (Lipinski definition) is 1. The van der Waals surface area contributed by atoms with Gasteiger partial charge in [0.25, 0.3) is 0 Å². The summed E-state index contributed by atoms with van der Waals surface area (Å²) in [5.74, 6) is 5.01. The van der Waals surface area contributed by atoms with E-state index in [-0.39, 0.29) is 6.04 Å². The Kier molecular flexibility index (Phi) is 8.52. The van der Waals surface area contributed by atoms with Crippen LogP contribution >= 0.6 is 0 Å². The summed E-state index contributed by atoms with van der Waals surface area (Å²) in [4.78, 5) is 22.9. The van der Waals surface area contributed by atoms with Crippen molar-refractivity contribution in [1.82, 2.24) is 5.32 Å². The lowest BCUT2D eigenvalue weighted by Gasteiger charge is -2.23. The van der Waals surface area contributed by atoms with Crippen LogP contribution in [0, 0.1) is 17.8 Å². The van der Waals surface area contributed by atoms with E-state index in [4.69, 9.17) is 9.47 Å². The number of carbonyl (C=O) groups is 2. The molecule has 21 heavy (non-hydrogen) atoms. The van der Waals surface area contributed by atoms with Crippen molar-refractivity contribution in [3.63, 3.8) is 0 Å². The Morgan fingerprint density at radius 1 is 1.24 bits per heavy atom. The van der Waals surface area contributed by atoms with E-state index in [0.717, 1.165) is 6.42 Å². The van der Waals surface area contributed by atoms with E-state index in [1.807, 2.05) is 20.8 Å². The van der Waals surface area contributed by atoms with Crippen LogP contribution in [0.2, 0.25) is 0 Å². The molecule has 1 N–H and O–H groups in total. The Morgan fingerprint density at radius 3 is 2.33 bits per heavy atom. The molecule has 0 aliphatic heterocycles. The van der Waals surface area contributed by atoms with Crippen LogP contribution in [0.4, 0.5) is 4.79 Å². The summed E-state index contributed by atoms with van der Waals surface area (Å²) in [6.45, 7) is 11.6. The second kappa shape index (κ2) is 9.28. The first-order chi connectivity index (χ1) is 9.64. The molecule has 0 unspecified atom stereocenters. The summed E-state index contributed by atoms with van der Waals surface area (Å²) in [6, 6.07) is -0.151. The Labute approximate surface area is 127 Å². The zero-order chi connectivity index (χ0) is 16.5. The van der Waals surface area contributed by atoms with Gasteiger partial charge < -0.3 is 14.8 Å². The predicted molar refractivity (Wildman–Crippen MR) is 81.6 cm³/mol. The van der Waals surface area contributed by atoms with Crippen LogP contribution in [0.1, 0.15) is 54.4 Å². The Bertz CT molecular complexity index is 399. The number of hydrogen-bond acceptors (Lipinski definition) is 4. The van der Waals surface area contributed by atoms with Gasteiger partial charge in [0.15, 0.2) is 0 Å². The summed E-state index contributed by atoms with van der Waals surface area (Å²) in [5, 5.41) is 2.79. The van der Waals surface area contributed by atoms with Crippen LogP contribution in [0.5, 0.6) is 0 Å². The van der Waals surface area contributed by atoms with Gasteiger partial charge in [-0.15, -0.1) is 0 Å². The zero-order valence-corrected chi connectivity index (χ0v) is 13.9. The van der Waals surface area contributed by atoms with Gasteiger partial charge in [-0.05, 0) is 40.0 Å². The Hall–Kier alpha value is -1.70. The lowest BCUT2D eigenvalue weighted by molar-refractivity contribution is -0.136. The van der Waals surface area contributed by atoms with Gasteiger partial charge in [0.2, 0.25) is 0 Å². The van der Waals surface area contributed by atoms with Gasteiger partial charge in [0, 0.05) is 18.4 Å². The van der Waals surface area contributed by atoms with E-state index in [0.29, 0.717) is 18.9 Å². The molecule has 0 bridgehead atoms. The highest BCUT2D eigenvalue weighted by molar-refractivity contribution is 5.88. The van der Waals surface area contributed by atoms with E-state index in [9.17, 15) is 9.59 Å². The van der Waals surface area contributed by atoms with Crippen LogP contribution in [0.3, 0.4) is 0 Å². The molecule has 0 radical (unpaired) electrons. The normalized spacial score (nSPS) is 12.1. The zero-order valence-electron chi connectivity index (χ0n) is 13.9. The SMILES string of the molecule is CCOC(=O)C#CC[C@H](CC(C)C)NC(=O)OC(C)(C)C. The van der Waals surface area contributed by atoms with Gasteiger partial charge in [-0.25, -0.2) is 9.59 Å². The largest absolute Gasteiger partial charge is 0.456 e. The predicted octanol–water partition coefficient (Wildman–Crippen LogP) is 2.88. The number of rotatable bonds is 5. The topological polar surface area (TPSA) is 64.6 Å². The lowest BCUT2D eigenvalue weighted by atomic mass is 10.0. The van der Waals surface area contributed by atoms with Crippen molar-refractivity contribution in [1.29, 1.82) is 0 Å². The third kappa shape index (κ3) is 11.8. The minimum Gasteiger partial charge on any atom is -0.456 e. The molecule has 120 valence electrons. The van der Waals surface area contributed by atoms with Crippen LogP contribution in [-0.2, 0) is 14.3 Å². The summed E-state index contributed by atoms with van der Waals surface area (Å²) in [6.07, 6.45) is 0.679. The number of nitrogens with one attached hydrogen (secondary N) is 1. The monoisotopic (exact) mass is 297 g/mol. The molecule has 0 aliphatic rings. The molecule has 0 aromatic heterocycles. The fourth-order valence-electron chi connectivity index (χ4n) is 1.65. The van der Waals surface area contributed by atoms with Gasteiger partial charge in [-0.2, -0.15) is 0 Å². The van der Waals surface area contributed by atoms with Crippen molar-refractivity contribution in [2.45, 2.75) is 66.0 Å². The second-order valence-corrected chi connectivity index (χ2v) is 6.20. The van der Waals surface area contributed by atoms with Gasteiger partial charge >= 0.3 is 12.1 Å². The fourth-order valence-corrected chi connectivity index (χ4v) is 1.65. The molecule has 0 aromatic rings. The molecule has 0 fully saturated rings. The highest BCUT2D eigenvalue weighted by atomic mass is 16.6. The number of esters is 1. The van der Waals surface area contributed by atoms with Gasteiger partial charge in [0.1, 0.15) is 5.60 Å². The lowest BCUT2D eigenvalue weighted by Crippen LogP contribution is -2.39. The third-order valence-corrected chi connectivity index (χ3v) is 2.29. The van der Waals surface area contributed by atoms with Crippen molar-refractivity contribution < 1.29 is 19.1 Å². The maximum absolute atomic E-state index is 11.8. The average Bonchev–Trinajstić information content (AvgIpc) is 2.25. The molecule has 0 heterocycles. The summed E-state index contributed by atoms with van der Waals surface area (Å²) < 4.78 is 9.95. The van der Waals surface area contributed by atoms with Crippen LogP contribution in [-0.4, -0.2) is 30.3 Å². The van der Waals surface area contributed by atoms with Crippen molar-refractivity contribution >= 4 is 12.1 Å². The Balaban J connectivity index is 4.52. The average molecular weight is 297 g/mol. The van der Waals surface area contributed by atoms with Crippen molar-refractivity contribution in [3.8, 4) is 11.8 Å². The van der Waals surface area contributed by atoms with Gasteiger partial charge in [-0.3, -0.25) is 0 Å². The highest BCUT2D eigenvalue weighted by Crippen LogP contribution is 2.10. The van der Waals surface area contributed by atoms with E-state index in [2.05, 4.69) is 31.0 Å². The molecule has 5 nitrogen and oxygen atoms in total. The fraction of sp³-hybridized carbons (Fsp3) is 0.750. The maximum atomic E-state index is 11.8. The van der Waals surface area contributed by atoms with Gasteiger partial charge in [-0.1, -0.05) is 19.8 Å². The Morgan fingerprint density at radius 2 is 1.86 bits per heavy atom. The first-order valence-electron chi connectivity index (χ1n) is 7.29. The van der Waals surface area contributed by atoms with Crippen molar-refractivity contribution in [2.75, 3.05) is 6.61 Å². The minimum absolute atomic E-state index is 0.151. The smallest absolute Gasteiger partial charge is 0.407 e. The molecule has 0 spiro atoms. The molecule has 1 amide bonds. The second-order valence-electron chi connectivity index (χ2n) is 6.20. The van der Waals surface area contributed by atoms with Crippen LogP contribution in [0.15, 0.2) is 0 Å². The molecule has 0 saturated heterocycles. The number of alkyl carbamates (subject to hydrolysis) is 1. The number of carbonyl (C=O) groups excluding carboxylic acids is 2. The van der Waals surface area contributed by atoms with Crippen molar-refractivity contribution in [2.24, 2.45) is 5.92 Å². The van der Waals surface area contributed by atoms with E-state index in [1.165, 1.54) is 0 Å². The summed E-state index contributed by atoms with van der Waals surface area (Å²) in [7, 11) is 0.